The van der Waals surface area contributed by atoms with E-state index in [1.807, 2.05) is 4.98 Å². The molecule has 1 saturated heterocycles. The molecular weight excluding hydrogens is 542 g/mol. The average molecular weight is 564 g/mol. The molecule has 4 N–H and O–H groups in total. The summed E-state index contributed by atoms with van der Waals surface area (Å²) < 4.78 is 46.3. The SMILES string of the molecule is C[C@H](NP(=O)(OC[C@@]1(N=[N+]=[N-])O[C@@H](n2ccc(=O)[nH]c2=O)[C@H](O)[C@@H]1F)Oc1cccc2ccccc12)C(=O)O. The number of aliphatic carboxylic acids is 1. The van der Waals surface area contributed by atoms with Gasteiger partial charge in [-0.25, -0.2) is 13.8 Å². The van der Waals surface area contributed by atoms with Gasteiger partial charge in [0.2, 0.25) is 5.72 Å². The van der Waals surface area contributed by atoms with Crippen LogP contribution in [0.25, 0.3) is 21.2 Å². The van der Waals surface area contributed by atoms with Gasteiger partial charge in [-0.05, 0) is 23.9 Å². The van der Waals surface area contributed by atoms with Gasteiger partial charge in [-0.2, -0.15) is 5.09 Å². The molecule has 39 heavy (non-hydrogen) atoms. The molecule has 206 valence electrons. The summed E-state index contributed by atoms with van der Waals surface area (Å²) in [6.07, 6.45) is -5.49. The first-order valence-corrected chi connectivity index (χ1v) is 12.8. The highest BCUT2D eigenvalue weighted by atomic mass is 31.2. The van der Waals surface area contributed by atoms with E-state index in [0.717, 1.165) is 19.2 Å². The van der Waals surface area contributed by atoms with Crippen molar-refractivity contribution in [2.24, 2.45) is 5.11 Å². The number of ether oxygens (including phenoxy) is 1. The second-order valence-corrected chi connectivity index (χ2v) is 10.2. The third kappa shape index (κ3) is 5.71. The van der Waals surface area contributed by atoms with Gasteiger partial charge in [-0.3, -0.25) is 23.7 Å². The lowest BCUT2D eigenvalue weighted by Gasteiger charge is -2.29. The second-order valence-electron chi connectivity index (χ2n) is 8.48. The average Bonchev–Trinajstić information content (AvgIpc) is 3.13. The number of hydrogen-bond donors (Lipinski definition) is 4. The van der Waals surface area contributed by atoms with Crippen molar-refractivity contribution in [3.63, 3.8) is 0 Å². The zero-order chi connectivity index (χ0) is 28.4. The number of nitrogens with zero attached hydrogens (tertiary/aromatic N) is 4. The number of benzene rings is 2. The number of hydrogen-bond acceptors (Lipinski definition) is 9. The van der Waals surface area contributed by atoms with Crippen LogP contribution in [0.4, 0.5) is 4.39 Å². The first-order chi connectivity index (χ1) is 18.5. The van der Waals surface area contributed by atoms with E-state index in [0.29, 0.717) is 15.3 Å². The number of carbonyl (C=O) groups is 1. The smallest absolute Gasteiger partial charge is 0.459 e. The second kappa shape index (κ2) is 11.0. The van der Waals surface area contributed by atoms with Gasteiger partial charge in [-0.15, -0.1) is 0 Å². The molecule has 15 nitrogen and oxygen atoms in total. The van der Waals surface area contributed by atoms with Crippen LogP contribution >= 0.6 is 7.75 Å². The van der Waals surface area contributed by atoms with Crippen molar-refractivity contribution >= 4 is 24.5 Å². The summed E-state index contributed by atoms with van der Waals surface area (Å²) in [7, 11) is -4.69. The van der Waals surface area contributed by atoms with Crippen LogP contribution in [0.3, 0.4) is 0 Å². The van der Waals surface area contributed by atoms with Gasteiger partial charge in [0.05, 0.1) is 6.61 Å². The monoisotopic (exact) mass is 564 g/mol. The van der Waals surface area contributed by atoms with Gasteiger partial charge in [-0.1, -0.05) is 41.5 Å². The number of carboxylic acid groups (broad SMARTS) is 1. The van der Waals surface area contributed by atoms with Gasteiger partial charge in [0, 0.05) is 22.6 Å². The fourth-order valence-electron chi connectivity index (χ4n) is 3.87. The molecule has 1 fully saturated rings. The normalized spacial score (nSPS) is 24.9. The summed E-state index contributed by atoms with van der Waals surface area (Å²) in [5.41, 5.74) is 4.60. The Kier molecular flexibility index (Phi) is 7.88. The van der Waals surface area contributed by atoms with Gasteiger partial charge in [0.15, 0.2) is 12.4 Å². The number of aromatic amines is 1. The third-order valence-electron chi connectivity index (χ3n) is 5.82. The molecule has 6 atom stereocenters. The molecular formula is C22H22FN6O9P. The quantitative estimate of drug-likeness (QED) is 0.122. The summed E-state index contributed by atoms with van der Waals surface area (Å²) in [6.45, 7) is 0.00564. The molecule has 1 aliphatic heterocycles. The van der Waals surface area contributed by atoms with Crippen LogP contribution in [-0.4, -0.2) is 56.4 Å². The predicted octanol–water partition coefficient (Wildman–Crippen LogP) is 2.19. The molecule has 0 aliphatic carbocycles. The molecule has 1 unspecified atom stereocenters. The number of H-pyrrole nitrogens is 1. The first kappa shape index (κ1) is 28.0. The topological polar surface area (TPSA) is 218 Å². The van der Waals surface area contributed by atoms with E-state index >= 15 is 4.39 Å². The summed E-state index contributed by atoms with van der Waals surface area (Å²) in [5, 5.41) is 26.5. The maximum Gasteiger partial charge on any atom is 0.459 e. The van der Waals surface area contributed by atoms with Gasteiger partial charge < -0.3 is 19.5 Å². The molecule has 0 amide bonds. The Hall–Kier alpha value is -4.04. The number of aromatic nitrogens is 2. The van der Waals surface area contributed by atoms with E-state index < -0.39 is 61.8 Å². The Morgan fingerprint density at radius 2 is 2.05 bits per heavy atom. The molecule has 0 saturated carbocycles. The number of carboxylic acids is 1. The van der Waals surface area contributed by atoms with Crippen LogP contribution in [0.5, 0.6) is 5.75 Å². The lowest BCUT2D eigenvalue weighted by molar-refractivity contribution is -0.138. The minimum Gasteiger partial charge on any atom is -0.480 e. The van der Waals surface area contributed by atoms with E-state index in [9.17, 15) is 29.2 Å². The number of fused-ring (bicyclic) bond motifs is 1. The number of rotatable bonds is 10. The van der Waals surface area contributed by atoms with Gasteiger partial charge in [0.1, 0.15) is 17.9 Å². The number of alkyl halides is 1. The largest absolute Gasteiger partial charge is 0.480 e. The van der Waals surface area contributed by atoms with E-state index in [2.05, 4.69) is 15.1 Å². The Balaban J connectivity index is 1.68. The highest BCUT2D eigenvalue weighted by Crippen LogP contribution is 2.49. The van der Waals surface area contributed by atoms with E-state index in [1.165, 1.54) is 6.07 Å². The van der Waals surface area contributed by atoms with E-state index in [1.54, 1.807) is 36.4 Å². The van der Waals surface area contributed by atoms with Crippen LogP contribution in [0.1, 0.15) is 13.2 Å². The van der Waals surface area contributed by atoms with Crippen LogP contribution in [0.15, 0.2) is 69.4 Å². The minimum absolute atomic E-state index is 0.0289. The summed E-state index contributed by atoms with van der Waals surface area (Å²) in [6, 6.07) is 11.1. The molecule has 0 bridgehead atoms. The third-order valence-corrected chi connectivity index (χ3v) is 7.43. The Labute approximate surface area is 218 Å². The lowest BCUT2D eigenvalue weighted by atomic mass is 10.1. The summed E-state index contributed by atoms with van der Waals surface area (Å²) in [4.78, 5) is 39.5. The van der Waals surface area contributed by atoms with Crippen LogP contribution < -0.4 is 20.9 Å². The summed E-state index contributed by atoms with van der Waals surface area (Å²) in [5.74, 6) is -1.39. The summed E-state index contributed by atoms with van der Waals surface area (Å²) >= 11 is 0. The maximum absolute atomic E-state index is 15.4. The van der Waals surface area contributed by atoms with Crippen LogP contribution in [0.2, 0.25) is 0 Å². The molecule has 3 aromatic rings. The fourth-order valence-corrected chi connectivity index (χ4v) is 5.40. The molecule has 1 aliphatic rings. The molecule has 1 aromatic heterocycles. The molecule has 2 aromatic carbocycles. The van der Waals surface area contributed by atoms with Crippen molar-refractivity contribution in [1.82, 2.24) is 14.6 Å². The zero-order valence-corrected chi connectivity index (χ0v) is 21.0. The lowest BCUT2D eigenvalue weighted by Crippen LogP contribution is -2.43. The maximum atomic E-state index is 15.4. The Morgan fingerprint density at radius 1 is 1.33 bits per heavy atom. The first-order valence-electron chi connectivity index (χ1n) is 11.3. The highest BCUT2D eigenvalue weighted by Gasteiger charge is 2.57. The number of nitrogens with one attached hydrogen (secondary N) is 2. The van der Waals surface area contributed by atoms with Crippen molar-refractivity contribution in [1.29, 1.82) is 0 Å². The number of azide groups is 1. The molecule has 17 heteroatoms. The van der Waals surface area contributed by atoms with Crippen molar-refractivity contribution < 1.29 is 37.7 Å². The molecule has 2 heterocycles. The van der Waals surface area contributed by atoms with E-state index in [-0.39, 0.29) is 5.75 Å². The number of aliphatic hydroxyl groups is 1. The highest BCUT2D eigenvalue weighted by molar-refractivity contribution is 7.52. The van der Waals surface area contributed by atoms with Crippen molar-refractivity contribution in [3.8, 4) is 5.75 Å². The van der Waals surface area contributed by atoms with Crippen molar-refractivity contribution in [3.05, 3.63) is 86.0 Å². The minimum atomic E-state index is -4.69. The molecule has 0 spiro atoms. The van der Waals surface area contributed by atoms with Gasteiger partial charge >= 0.3 is 19.4 Å². The Bertz CT molecular complexity index is 1600. The standard InChI is InChI=1S/C22H22FN6O9P/c1-12(20(32)33)26-39(35,38-15-8-4-6-13-5-2-3-7-14(13)15)36-11-22(27-28-24)18(23)17(31)19(37-22)29-10-9-16(30)25-21(29)34/h2-10,12,17-19,31H,11H2,1H3,(H,26,35)(H,32,33)(H,25,30,34)/t12-,17+,18-,19+,22+,39?/m0/s1. The molecule has 0 radical (unpaired) electrons. The zero-order valence-electron chi connectivity index (χ0n) is 20.1. The molecule has 4 rings (SSSR count). The van der Waals surface area contributed by atoms with Gasteiger partial charge in [0.25, 0.3) is 5.56 Å². The predicted molar refractivity (Wildman–Crippen MR) is 133 cm³/mol. The van der Waals surface area contributed by atoms with Crippen LogP contribution in [0, 0.1) is 0 Å². The number of halogens is 1. The fraction of sp³-hybridized carbons (Fsp3) is 0.318. The van der Waals surface area contributed by atoms with Crippen molar-refractivity contribution in [2.45, 2.75) is 37.2 Å². The Morgan fingerprint density at radius 3 is 2.74 bits per heavy atom. The number of aliphatic hydroxyl groups excluding tert-OH is 1. The van der Waals surface area contributed by atoms with Crippen LogP contribution in [-0.2, 0) is 18.6 Å². The van der Waals surface area contributed by atoms with E-state index in [4.69, 9.17) is 19.3 Å². The van der Waals surface area contributed by atoms with Crippen molar-refractivity contribution in [2.75, 3.05) is 6.61 Å².